The monoisotopic (exact) mass is 413 g/mol. The molecule has 5 fully saturated rings. The second-order valence-electron chi connectivity index (χ2n) is 11.1. The third-order valence-electron chi connectivity index (χ3n) is 8.86. The Kier molecular flexibility index (Phi) is 4.93. The van der Waals surface area contributed by atoms with Crippen molar-refractivity contribution >= 4 is 6.21 Å². The highest BCUT2D eigenvalue weighted by Gasteiger charge is 2.52. The van der Waals surface area contributed by atoms with Crippen LogP contribution in [0.15, 0.2) is 47.5 Å². The number of hydrogen-bond acceptors (Lipinski definition) is 2. The van der Waals surface area contributed by atoms with E-state index in [2.05, 4.69) is 42.5 Å². The average molecular weight is 414 g/mol. The molecule has 0 radical (unpaired) electrons. The molecule has 0 spiro atoms. The number of phenols is 1. The Balaban J connectivity index is 1.44. The Labute approximate surface area is 186 Å². The van der Waals surface area contributed by atoms with Gasteiger partial charge in [-0.1, -0.05) is 49.6 Å². The molecular weight excluding hydrogens is 378 g/mol. The molecule has 7 rings (SSSR count). The first-order valence-electron chi connectivity index (χ1n) is 12.6. The fourth-order valence-electron chi connectivity index (χ4n) is 7.81. The molecule has 2 nitrogen and oxygen atoms in total. The summed E-state index contributed by atoms with van der Waals surface area (Å²) >= 11 is 0. The highest BCUT2D eigenvalue weighted by atomic mass is 16.3. The van der Waals surface area contributed by atoms with E-state index in [0.29, 0.717) is 11.8 Å². The summed E-state index contributed by atoms with van der Waals surface area (Å²) in [5.74, 6) is 3.11. The molecule has 2 aromatic carbocycles. The normalized spacial score (nSPS) is 32.7. The van der Waals surface area contributed by atoms with E-state index in [0.717, 1.165) is 23.3 Å². The van der Waals surface area contributed by atoms with Crippen LogP contribution in [0.2, 0.25) is 0 Å². The molecule has 4 bridgehead atoms. The van der Waals surface area contributed by atoms with Crippen LogP contribution in [0.4, 0.5) is 0 Å². The van der Waals surface area contributed by atoms with E-state index in [1.165, 1.54) is 87.3 Å². The number of nitrogens with zero attached hydrogens (tertiary/aromatic N) is 1. The maximum atomic E-state index is 11.6. The number of aliphatic imine (C=N–C) groups is 1. The van der Waals surface area contributed by atoms with Crippen LogP contribution in [0.25, 0.3) is 11.1 Å². The highest BCUT2D eigenvalue weighted by Crippen LogP contribution is 2.62. The van der Waals surface area contributed by atoms with Crippen molar-refractivity contribution in [3.05, 3.63) is 53.6 Å². The molecule has 0 heterocycles. The molecule has 2 heteroatoms. The van der Waals surface area contributed by atoms with Gasteiger partial charge in [0.1, 0.15) is 5.75 Å². The summed E-state index contributed by atoms with van der Waals surface area (Å²) in [5.41, 5.74) is 4.79. The largest absolute Gasteiger partial charge is 0.507 e. The summed E-state index contributed by atoms with van der Waals surface area (Å²) in [4.78, 5) is 4.95. The zero-order valence-electron chi connectivity index (χ0n) is 18.6. The maximum Gasteiger partial charge on any atom is 0.128 e. The quantitative estimate of drug-likeness (QED) is 0.525. The molecule has 2 aromatic rings. The fourth-order valence-corrected chi connectivity index (χ4v) is 7.81. The third kappa shape index (κ3) is 3.62. The van der Waals surface area contributed by atoms with E-state index in [1.54, 1.807) is 0 Å². The number of phenolic OH excluding ortho intramolecular Hbond substituents is 1. The van der Waals surface area contributed by atoms with E-state index in [9.17, 15) is 5.11 Å². The lowest BCUT2D eigenvalue weighted by Crippen LogP contribution is -2.48. The molecule has 0 atom stereocenters. The van der Waals surface area contributed by atoms with Crippen LogP contribution < -0.4 is 0 Å². The molecular formula is C29H35NO. The lowest BCUT2D eigenvalue weighted by atomic mass is 9.48. The van der Waals surface area contributed by atoms with Gasteiger partial charge in [-0.3, -0.25) is 4.99 Å². The van der Waals surface area contributed by atoms with Gasteiger partial charge in [0.25, 0.3) is 0 Å². The van der Waals surface area contributed by atoms with Crippen molar-refractivity contribution in [1.29, 1.82) is 0 Å². The van der Waals surface area contributed by atoms with Crippen LogP contribution in [0.3, 0.4) is 0 Å². The minimum atomic E-state index is 0.178. The molecule has 0 unspecified atom stereocenters. The van der Waals surface area contributed by atoms with Crippen LogP contribution in [-0.2, 0) is 5.41 Å². The van der Waals surface area contributed by atoms with Crippen molar-refractivity contribution in [3.63, 3.8) is 0 Å². The number of benzene rings is 2. The second kappa shape index (κ2) is 7.80. The average Bonchev–Trinajstić information content (AvgIpc) is 2.79. The topological polar surface area (TPSA) is 32.6 Å². The molecule has 1 N–H and O–H groups in total. The summed E-state index contributed by atoms with van der Waals surface area (Å²) in [6.45, 7) is 0. The summed E-state index contributed by atoms with van der Waals surface area (Å²) in [6.07, 6.45) is 16.4. The van der Waals surface area contributed by atoms with Gasteiger partial charge in [0.2, 0.25) is 0 Å². The first-order chi connectivity index (χ1) is 15.2. The molecule has 0 aromatic heterocycles. The van der Waals surface area contributed by atoms with Crippen molar-refractivity contribution in [2.24, 2.45) is 22.7 Å². The van der Waals surface area contributed by atoms with Gasteiger partial charge in [-0.2, -0.15) is 0 Å². The number of aromatic hydroxyl groups is 1. The van der Waals surface area contributed by atoms with Gasteiger partial charge in [0.05, 0.1) is 0 Å². The van der Waals surface area contributed by atoms with Crippen LogP contribution in [0.5, 0.6) is 5.75 Å². The van der Waals surface area contributed by atoms with Crippen molar-refractivity contribution in [2.45, 2.75) is 82.1 Å². The first-order valence-corrected chi connectivity index (χ1v) is 12.6. The molecule has 5 aliphatic carbocycles. The Morgan fingerprint density at radius 1 is 0.806 bits per heavy atom. The second-order valence-corrected chi connectivity index (χ2v) is 11.1. The maximum absolute atomic E-state index is 11.6. The van der Waals surface area contributed by atoms with Gasteiger partial charge in [-0.15, -0.1) is 0 Å². The van der Waals surface area contributed by atoms with Crippen LogP contribution in [0, 0.1) is 17.8 Å². The van der Waals surface area contributed by atoms with Crippen molar-refractivity contribution in [1.82, 2.24) is 0 Å². The van der Waals surface area contributed by atoms with E-state index in [4.69, 9.17) is 4.99 Å². The van der Waals surface area contributed by atoms with E-state index in [-0.39, 0.29) is 5.41 Å². The molecule has 31 heavy (non-hydrogen) atoms. The molecule has 5 aliphatic rings. The van der Waals surface area contributed by atoms with E-state index in [1.807, 2.05) is 6.21 Å². The van der Waals surface area contributed by atoms with Gasteiger partial charge in [-0.25, -0.2) is 0 Å². The molecule has 162 valence electrons. The van der Waals surface area contributed by atoms with Gasteiger partial charge < -0.3 is 5.11 Å². The summed E-state index contributed by atoms with van der Waals surface area (Å²) in [5, 5.41) is 11.6. The Morgan fingerprint density at radius 3 is 2.10 bits per heavy atom. The third-order valence-corrected chi connectivity index (χ3v) is 8.86. The molecule has 0 aliphatic heterocycles. The standard InChI is InChI=1S/C29H35NO/c31-28-25(19-30-26-9-5-2-6-10-26)14-24(23-7-3-1-4-8-23)15-27(28)29-16-20-11-21(17-29)13-22(12-20)18-29/h1,3-4,7-8,14-15,19-22,26,31H,2,5-6,9-13,16-18H2. The number of hydrogen-bond donors (Lipinski definition) is 1. The zero-order valence-corrected chi connectivity index (χ0v) is 18.6. The van der Waals surface area contributed by atoms with Crippen LogP contribution >= 0.6 is 0 Å². The molecule has 5 saturated carbocycles. The van der Waals surface area contributed by atoms with Gasteiger partial charge in [-0.05, 0) is 97.8 Å². The minimum absolute atomic E-state index is 0.178. The van der Waals surface area contributed by atoms with Gasteiger partial charge in [0, 0.05) is 23.4 Å². The van der Waals surface area contributed by atoms with Crippen LogP contribution in [-0.4, -0.2) is 17.4 Å². The van der Waals surface area contributed by atoms with Crippen molar-refractivity contribution < 1.29 is 5.11 Å². The predicted molar refractivity (Wildman–Crippen MR) is 128 cm³/mol. The number of rotatable bonds is 4. The molecule has 0 saturated heterocycles. The van der Waals surface area contributed by atoms with Crippen LogP contribution in [0.1, 0.15) is 81.8 Å². The molecule has 0 amide bonds. The summed E-state index contributed by atoms with van der Waals surface area (Å²) < 4.78 is 0. The van der Waals surface area contributed by atoms with E-state index >= 15 is 0 Å². The van der Waals surface area contributed by atoms with E-state index < -0.39 is 0 Å². The van der Waals surface area contributed by atoms with Gasteiger partial charge in [0.15, 0.2) is 0 Å². The lowest BCUT2D eigenvalue weighted by Gasteiger charge is -2.57. The predicted octanol–water partition coefficient (Wildman–Crippen LogP) is 7.28. The van der Waals surface area contributed by atoms with Crippen molar-refractivity contribution in [3.8, 4) is 16.9 Å². The lowest BCUT2D eigenvalue weighted by molar-refractivity contribution is -0.00611. The zero-order chi connectivity index (χ0) is 20.8. The summed E-state index contributed by atoms with van der Waals surface area (Å²) in [7, 11) is 0. The Bertz CT molecular complexity index is 934. The Hall–Kier alpha value is -2.09. The highest BCUT2D eigenvalue weighted by molar-refractivity contribution is 5.87. The SMILES string of the molecule is Oc1c(C=NC2CCCCC2)cc(-c2ccccc2)cc1C12CC3CC(CC(C3)C1)C2. The first kappa shape index (κ1) is 19.6. The van der Waals surface area contributed by atoms with Gasteiger partial charge >= 0.3 is 0 Å². The smallest absolute Gasteiger partial charge is 0.128 e. The fraction of sp³-hybridized carbons (Fsp3) is 0.552. The Morgan fingerprint density at radius 2 is 1.45 bits per heavy atom. The summed E-state index contributed by atoms with van der Waals surface area (Å²) in [6, 6.07) is 15.6. The minimum Gasteiger partial charge on any atom is -0.507 e. The van der Waals surface area contributed by atoms with Crippen molar-refractivity contribution in [2.75, 3.05) is 0 Å².